The van der Waals surface area contributed by atoms with Crippen LogP contribution in [0.3, 0.4) is 0 Å². The lowest BCUT2D eigenvalue weighted by Gasteiger charge is -2.22. The maximum absolute atomic E-state index is 13.6. The largest absolute Gasteiger partial charge is 0.351 e. The molecular weight excluding hydrogens is 386 g/mol. The van der Waals surface area contributed by atoms with Gasteiger partial charge in [0.05, 0.1) is 12.1 Å². The lowest BCUT2D eigenvalue weighted by Crippen LogP contribution is -2.39. The summed E-state index contributed by atoms with van der Waals surface area (Å²) in [6.07, 6.45) is 5.38. The van der Waals surface area contributed by atoms with Gasteiger partial charge in [0.25, 0.3) is 0 Å². The molecule has 6 nitrogen and oxygen atoms in total. The van der Waals surface area contributed by atoms with Gasteiger partial charge in [-0.15, -0.1) is 11.3 Å². The van der Waals surface area contributed by atoms with Gasteiger partial charge in [-0.2, -0.15) is 0 Å². The van der Waals surface area contributed by atoms with Crippen LogP contribution in [0.25, 0.3) is 0 Å². The van der Waals surface area contributed by atoms with Crippen molar-refractivity contribution in [2.24, 2.45) is 0 Å². The molecule has 1 aromatic carbocycles. The van der Waals surface area contributed by atoms with Crippen molar-refractivity contribution >= 4 is 28.4 Å². The van der Waals surface area contributed by atoms with Crippen molar-refractivity contribution in [3.05, 3.63) is 46.5 Å². The van der Waals surface area contributed by atoms with Gasteiger partial charge in [0.2, 0.25) is 5.91 Å². The van der Waals surface area contributed by atoms with Crippen LogP contribution in [0.4, 0.5) is 18.7 Å². The van der Waals surface area contributed by atoms with Crippen molar-refractivity contribution in [3.8, 4) is 0 Å². The number of rotatable bonds is 6. The lowest BCUT2D eigenvalue weighted by molar-refractivity contribution is -0.120. The minimum Gasteiger partial charge on any atom is -0.351 e. The summed E-state index contributed by atoms with van der Waals surface area (Å²) in [6.45, 7) is -0.240. The third-order valence-corrected chi connectivity index (χ3v) is 5.38. The van der Waals surface area contributed by atoms with Crippen molar-refractivity contribution in [2.75, 3.05) is 5.32 Å². The zero-order valence-electron chi connectivity index (χ0n) is 15.3. The van der Waals surface area contributed by atoms with Gasteiger partial charge in [0, 0.05) is 23.5 Å². The van der Waals surface area contributed by atoms with E-state index in [4.69, 9.17) is 0 Å². The van der Waals surface area contributed by atoms with Crippen LogP contribution in [0.1, 0.15) is 43.4 Å². The normalized spacial score (nSPS) is 14.5. The molecule has 1 aliphatic rings. The minimum absolute atomic E-state index is 0.0432. The summed E-state index contributed by atoms with van der Waals surface area (Å²) >= 11 is 1.22. The monoisotopic (exact) mass is 408 g/mol. The van der Waals surface area contributed by atoms with Crippen molar-refractivity contribution in [1.82, 2.24) is 15.6 Å². The van der Waals surface area contributed by atoms with Crippen LogP contribution in [0.5, 0.6) is 0 Å². The van der Waals surface area contributed by atoms with E-state index in [1.165, 1.54) is 23.8 Å². The van der Waals surface area contributed by atoms with Crippen LogP contribution >= 0.6 is 11.3 Å². The molecule has 1 heterocycles. The summed E-state index contributed by atoms with van der Waals surface area (Å²) in [6, 6.07) is 3.44. The molecule has 2 aromatic rings. The summed E-state index contributed by atoms with van der Waals surface area (Å²) in [5.74, 6) is -1.82. The second-order valence-electron chi connectivity index (χ2n) is 6.73. The topological polar surface area (TPSA) is 83.1 Å². The van der Waals surface area contributed by atoms with E-state index < -0.39 is 17.5 Å². The Balaban J connectivity index is 1.45. The van der Waals surface area contributed by atoms with E-state index in [-0.39, 0.29) is 30.6 Å². The standard InChI is InChI=1S/C19H22F2N4O2S/c20-15-7-4-8-16(21)14(15)10-22-17(26)9-13-11-28-19(24-13)25-18(27)23-12-5-2-1-3-6-12/h4,7-8,11-12H,1-3,5-6,9-10H2,(H,22,26)(H2,23,24,25,27). The number of nitrogens with zero attached hydrogens (tertiary/aromatic N) is 1. The molecule has 3 rings (SSSR count). The number of urea groups is 1. The Hall–Kier alpha value is -2.55. The maximum Gasteiger partial charge on any atom is 0.321 e. The Morgan fingerprint density at radius 1 is 1.14 bits per heavy atom. The van der Waals surface area contributed by atoms with E-state index in [1.54, 1.807) is 5.38 Å². The number of amides is 3. The van der Waals surface area contributed by atoms with Gasteiger partial charge in [-0.25, -0.2) is 18.6 Å². The average molecular weight is 408 g/mol. The smallest absolute Gasteiger partial charge is 0.321 e. The molecule has 3 N–H and O–H groups in total. The zero-order chi connectivity index (χ0) is 19.9. The fourth-order valence-electron chi connectivity index (χ4n) is 3.13. The summed E-state index contributed by atoms with van der Waals surface area (Å²) < 4.78 is 27.1. The summed E-state index contributed by atoms with van der Waals surface area (Å²) in [7, 11) is 0. The number of nitrogens with one attached hydrogen (secondary N) is 3. The Labute approximate surface area is 165 Å². The molecule has 0 radical (unpaired) electrons. The van der Waals surface area contributed by atoms with E-state index in [2.05, 4.69) is 20.9 Å². The van der Waals surface area contributed by atoms with Crippen LogP contribution in [0, 0.1) is 11.6 Å². The molecule has 9 heteroatoms. The van der Waals surface area contributed by atoms with Gasteiger partial charge < -0.3 is 10.6 Å². The number of benzene rings is 1. The molecule has 0 saturated heterocycles. The van der Waals surface area contributed by atoms with Gasteiger partial charge in [-0.1, -0.05) is 25.3 Å². The van der Waals surface area contributed by atoms with E-state index in [1.807, 2.05) is 0 Å². The van der Waals surface area contributed by atoms with E-state index in [0.717, 1.165) is 37.8 Å². The number of anilines is 1. The number of aromatic nitrogens is 1. The second kappa shape index (κ2) is 9.59. The molecule has 0 spiro atoms. The molecule has 1 saturated carbocycles. The molecule has 1 aromatic heterocycles. The fourth-order valence-corrected chi connectivity index (χ4v) is 3.83. The summed E-state index contributed by atoms with van der Waals surface area (Å²) in [5, 5.41) is 10.2. The number of carbonyl (C=O) groups is 2. The Kier molecular flexibility index (Phi) is 6.91. The lowest BCUT2D eigenvalue weighted by atomic mass is 9.96. The highest BCUT2D eigenvalue weighted by molar-refractivity contribution is 7.13. The molecule has 0 unspecified atom stereocenters. The first kappa shape index (κ1) is 20.2. The first-order valence-corrected chi connectivity index (χ1v) is 10.1. The van der Waals surface area contributed by atoms with Crippen LogP contribution in [0.15, 0.2) is 23.6 Å². The van der Waals surface area contributed by atoms with Crippen molar-refractivity contribution in [1.29, 1.82) is 0 Å². The van der Waals surface area contributed by atoms with E-state index in [9.17, 15) is 18.4 Å². The van der Waals surface area contributed by atoms with Gasteiger partial charge in [-0.05, 0) is 25.0 Å². The molecule has 0 atom stereocenters. The van der Waals surface area contributed by atoms with Crippen LogP contribution in [-0.2, 0) is 17.8 Å². The predicted molar refractivity (Wildman–Crippen MR) is 103 cm³/mol. The SMILES string of the molecule is O=C(Cc1csc(NC(=O)NC2CCCCC2)n1)NCc1c(F)cccc1F. The predicted octanol–water partition coefficient (Wildman–Crippen LogP) is 3.73. The van der Waals surface area contributed by atoms with E-state index in [0.29, 0.717) is 10.8 Å². The fraction of sp³-hybridized carbons (Fsp3) is 0.421. The number of carbonyl (C=O) groups excluding carboxylic acids is 2. The highest BCUT2D eigenvalue weighted by Crippen LogP contribution is 2.19. The quantitative estimate of drug-likeness (QED) is 0.681. The summed E-state index contributed by atoms with van der Waals surface area (Å²) in [4.78, 5) is 28.3. The Morgan fingerprint density at radius 2 is 1.86 bits per heavy atom. The first-order chi connectivity index (χ1) is 13.5. The van der Waals surface area contributed by atoms with Gasteiger partial charge in [0.1, 0.15) is 11.6 Å². The average Bonchev–Trinajstić information content (AvgIpc) is 3.08. The Morgan fingerprint density at radius 3 is 2.57 bits per heavy atom. The maximum atomic E-state index is 13.6. The van der Waals surface area contributed by atoms with Crippen LogP contribution in [-0.4, -0.2) is 23.0 Å². The molecule has 0 bridgehead atoms. The van der Waals surface area contributed by atoms with Crippen molar-refractivity contribution in [3.63, 3.8) is 0 Å². The number of thiazole rings is 1. The van der Waals surface area contributed by atoms with Gasteiger partial charge in [-0.3, -0.25) is 10.1 Å². The van der Waals surface area contributed by atoms with Gasteiger partial charge >= 0.3 is 6.03 Å². The Bertz CT molecular complexity index is 817. The molecule has 0 aliphatic heterocycles. The van der Waals surface area contributed by atoms with Gasteiger partial charge in [0.15, 0.2) is 5.13 Å². The minimum atomic E-state index is -0.704. The molecular formula is C19H22F2N4O2S. The number of hydrogen-bond acceptors (Lipinski definition) is 4. The van der Waals surface area contributed by atoms with E-state index >= 15 is 0 Å². The molecule has 28 heavy (non-hydrogen) atoms. The second-order valence-corrected chi connectivity index (χ2v) is 7.59. The van der Waals surface area contributed by atoms with Crippen molar-refractivity contribution < 1.29 is 18.4 Å². The molecule has 150 valence electrons. The highest BCUT2D eigenvalue weighted by Gasteiger charge is 2.17. The van der Waals surface area contributed by atoms with Crippen LogP contribution < -0.4 is 16.0 Å². The summed E-state index contributed by atoms with van der Waals surface area (Å²) in [5.41, 5.74) is 0.292. The molecule has 1 aliphatic carbocycles. The third kappa shape index (κ3) is 5.72. The van der Waals surface area contributed by atoms with Crippen molar-refractivity contribution in [2.45, 2.75) is 51.1 Å². The third-order valence-electron chi connectivity index (χ3n) is 4.58. The molecule has 1 fully saturated rings. The molecule has 3 amide bonds. The number of halogens is 2. The highest BCUT2D eigenvalue weighted by atomic mass is 32.1. The zero-order valence-corrected chi connectivity index (χ0v) is 16.1. The first-order valence-electron chi connectivity index (χ1n) is 9.23. The van der Waals surface area contributed by atoms with Crippen LogP contribution in [0.2, 0.25) is 0 Å². The number of hydrogen-bond donors (Lipinski definition) is 3.